The van der Waals surface area contributed by atoms with Crippen LogP contribution in [0.2, 0.25) is 0 Å². The van der Waals surface area contributed by atoms with Crippen molar-refractivity contribution in [1.29, 1.82) is 0 Å². The van der Waals surface area contributed by atoms with Gasteiger partial charge in [0.1, 0.15) is 11.4 Å². The van der Waals surface area contributed by atoms with E-state index in [1.807, 2.05) is 11.9 Å². The van der Waals surface area contributed by atoms with Crippen molar-refractivity contribution < 1.29 is 14.3 Å². The van der Waals surface area contributed by atoms with Gasteiger partial charge in [-0.25, -0.2) is 18.5 Å². The molecule has 1 saturated heterocycles. The predicted molar refractivity (Wildman–Crippen MR) is 79.8 cm³/mol. The second-order valence-electron chi connectivity index (χ2n) is 5.53. The molecule has 2 aromatic rings. The van der Waals surface area contributed by atoms with Crippen LogP contribution in [-0.2, 0) is 0 Å². The quantitative estimate of drug-likeness (QED) is 0.881. The number of hydrogen-bond acceptors (Lipinski definition) is 4. The van der Waals surface area contributed by atoms with E-state index in [9.17, 15) is 23.9 Å². The first-order valence-electron chi connectivity index (χ1n) is 6.94. The van der Waals surface area contributed by atoms with Crippen molar-refractivity contribution in [3.63, 3.8) is 0 Å². The zero-order chi connectivity index (χ0) is 16.7. The fourth-order valence-electron chi connectivity index (χ4n) is 2.64. The Morgan fingerprint density at radius 1 is 1.22 bits per heavy atom. The van der Waals surface area contributed by atoms with Gasteiger partial charge in [-0.15, -0.1) is 0 Å². The van der Waals surface area contributed by atoms with Gasteiger partial charge in [0, 0.05) is 19.3 Å². The van der Waals surface area contributed by atoms with Gasteiger partial charge in [-0.3, -0.25) is 9.36 Å². The summed E-state index contributed by atoms with van der Waals surface area (Å²) in [6, 6.07) is 4.55. The van der Waals surface area contributed by atoms with Crippen LogP contribution in [0.25, 0.3) is 5.69 Å². The lowest BCUT2D eigenvalue weighted by atomic mass is 10.1. The molecule has 1 N–H and O–H groups in total. The maximum Gasteiger partial charge on any atom is 0.342 e. The Balaban J connectivity index is 2.25. The first-order valence-corrected chi connectivity index (χ1v) is 6.94. The highest BCUT2D eigenvalue weighted by molar-refractivity contribution is 5.86. The molecule has 2 heterocycles. The molecule has 0 radical (unpaired) electrons. The van der Waals surface area contributed by atoms with Crippen LogP contribution in [0.1, 0.15) is 16.4 Å². The van der Waals surface area contributed by atoms with E-state index in [0.717, 1.165) is 22.9 Å². The van der Waals surface area contributed by atoms with Gasteiger partial charge in [0.15, 0.2) is 0 Å². The Bertz CT molecular complexity index is 879. The third kappa shape index (κ3) is 2.57. The Morgan fingerprint density at radius 2 is 1.83 bits per heavy atom. The van der Waals surface area contributed by atoms with Gasteiger partial charge in [0.25, 0.3) is 5.56 Å². The van der Waals surface area contributed by atoms with E-state index in [2.05, 4.69) is 0 Å². The molecule has 0 spiro atoms. The second-order valence-corrected chi connectivity index (χ2v) is 5.53. The minimum atomic E-state index is -1.41. The van der Waals surface area contributed by atoms with E-state index in [-0.39, 0.29) is 11.7 Å². The van der Waals surface area contributed by atoms with Crippen LogP contribution in [0, 0.1) is 5.82 Å². The molecule has 0 amide bonds. The lowest BCUT2D eigenvalue weighted by Crippen LogP contribution is -2.51. The molecule has 0 saturated carbocycles. The summed E-state index contributed by atoms with van der Waals surface area (Å²) in [5.41, 5.74) is -1.93. The summed E-state index contributed by atoms with van der Waals surface area (Å²) in [6.07, 6.45) is 1.09. The van der Waals surface area contributed by atoms with Crippen molar-refractivity contribution in [3.8, 4) is 5.69 Å². The van der Waals surface area contributed by atoms with Crippen LogP contribution < -0.4 is 11.2 Å². The molecule has 1 aliphatic rings. The summed E-state index contributed by atoms with van der Waals surface area (Å²) >= 11 is 0. The fourth-order valence-corrected chi connectivity index (χ4v) is 2.64. The molecule has 0 aliphatic carbocycles. The minimum Gasteiger partial charge on any atom is -0.477 e. The average Bonchev–Trinajstić information content (AvgIpc) is 2.46. The number of aromatic carboxylic acids is 1. The van der Waals surface area contributed by atoms with Gasteiger partial charge in [-0.1, -0.05) is 0 Å². The standard InChI is InChI=1S/C15H14FN3O4/c1-17-6-11(7-17)18-8-12(14(21)22)13(20)19(15(18)23)10-4-2-9(16)3-5-10/h2-5,8,11H,6-7H2,1H3,(H,21,22). The summed E-state index contributed by atoms with van der Waals surface area (Å²) in [7, 11) is 1.87. The van der Waals surface area contributed by atoms with Gasteiger partial charge in [0.05, 0.1) is 11.7 Å². The molecule has 1 aromatic carbocycles. The maximum absolute atomic E-state index is 13.1. The van der Waals surface area contributed by atoms with Crippen LogP contribution in [0.15, 0.2) is 40.1 Å². The summed E-state index contributed by atoms with van der Waals surface area (Å²) in [5, 5.41) is 9.22. The first-order chi connectivity index (χ1) is 10.9. The number of likely N-dealkylation sites (N-methyl/N-ethyl adjacent to an activating group) is 1. The molecule has 1 aromatic heterocycles. The molecule has 0 unspecified atom stereocenters. The Labute approximate surface area is 129 Å². The molecule has 8 heteroatoms. The van der Waals surface area contributed by atoms with E-state index in [4.69, 9.17) is 0 Å². The number of rotatable bonds is 3. The van der Waals surface area contributed by atoms with Gasteiger partial charge >= 0.3 is 11.7 Å². The van der Waals surface area contributed by atoms with Crippen LogP contribution in [0.5, 0.6) is 0 Å². The highest BCUT2D eigenvalue weighted by atomic mass is 19.1. The number of carboxylic acids is 1. The molecule has 3 rings (SSSR count). The number of halogens is 1. The highest BCUT2D eigenvalue weighted by Crippen LogP contribution is 2.17. The van der Waals surface area contributed by atoms with Crippen molar-refractivity contribution in [1.82, 2.24) is 14.0 Å². The number of aromatic nitrogens is 2. The molecular weight excluding hydrogens is 305 g/mol. The Kier molecular flexibility index (Phi) is 3.61. The average molecular weight is 319 g/mol. The van der Waals surface area contributed by atoms with E-state index in [1.165, 1.54) is 16.7 Å². The van der Waals surface area contributed by atoms with Crippen molar-refractivity contribution in [2.45, 2.75) is 6.04 Å². The number of carbonyl (C=O) groups is 1. The number of hydrogen-bond donors (Lipinski definition) is 1. The zero-order valence-corrected chi connectivity index (χ0v) is 12.3. The van der Waals surface area contributed by atoms with E-state index < -0.39 is 28.6 Å². The third-order valence-corrected chi connectivity index (χ3v) is 3.87. The molecule has 0 atom stereocenters. The van der Waals surface area contributed by atoms with Crippen molar-refractivity contribution >= 4 is 5.97 Å². The van der Waals surface area contributed by atoms with Gasteiger partial charge in [0.2, 0.25) is 0 Å². The Hall–Kier alpha value is -2.74. The molecule has 23 heavy (non-hydrogen) atoms. The summed E-state index contributed by atoms with van der Waals surface area (Å²) in [6.45, 7) is 1.17. The minimum absolute atomic E-state index is 0.130. The third-order valence-electron chi connectivity index (χ3n) is 3.87. The molecule has 120 valence electrons. The lowest BCUT2D eigenvalue weighted by Gasteiger charge is -2.37. The van der Waals surface area contributed by atoms with Crippen LogP contribution >= 0.6 is 0 Å². The van der Waals surface area contributed by atoms with Gasteiger partial charge < -0.3 is 10.0 Å². The van der Waals surface area contributed by atoms with E-state index in [1.54, 1.807) is 0 Å². The maximum atomic E-state index is 13.1. The fraction of sp³-hybridized carbons (Fsp3) is 0.267. The predicted octanol–water partition coefficient (Wildman–Crippen LogP) is 0.323. The molecule has 1 fully saturated rings. The zero-order valence-electron chi connectivity index (χ0n) is 12.3. The van der Waals surface area contributed by atoms with Crippen LogP contribution in [0.3, 0.4) is 0 Å². The van der Waals surface area contributed by atoms with Gasteiger partial charge in [-0.2, -0.15) is 0 Å². The second kappa shape index (κ2) is 5.47. The normalized spacial score (nSPS) is 15.4. The number of benzene rings is 1. The summed E-state index contributed by atoms with van der Waals surface area (Å²) < 4.78 is 15.1. The SMILES string of the molecule is CN1CC(n2cc(C(=O)O)c(=O)n(-c3ccc(F)cc3)c2=O)C1. The highest BCUT2D eigenvalue weighted by Gasteiger charge is 2.28. The first kappa shape index (κ1) is 15.2. The van der Waals surface area contributed by atoms with Crippen molar-refractivity contribution in [2.24, 2.45) is 0 Å². The molecule has 7 nitrogen and oxygen atoms in total. The van der Waals surface area contributed by atoms with Crippen molar-refractivity contribution in [3.05, 3.63) is 62.7 Å². The number of carboxylic acid groups (broad SMARTS) is 1. The van der Waals surface area contributed by atoms with E-state index in [0.29, 0.717) is 13.1 Å². The molecule has 1 aliphatic heterocycles. The molecular formula is C15H14FN3O4. The van der Waals surface area contributed by atoms with Crippen LogP contribution in [-0.4, -0.2) is 45.2 Å². The lowest BCUT2D eigenvalue weighted by molar-refractivity contribution is 0.0691. The summed E-state index contributed by atoms with van der Waals surface area (Å²) in [5.74, 6) is -1.93. The Morgan fingerprint density at radius 3 is 2.35 bits per heavy atom. The number of likely N-dealkylation sites (tertiary alicyclic amines) is 1. The summed E-state index contributed by atoms with van der Waals surface area (Å²) in [4.78, 5) is 38.2. The van der Waals surface area contributed by atoms with Gasteiger partial charge in [-0.05, 0) is 31.3 Å². The largest absolute Gasteiger partial charge is 0.477 e. The number of nitrogens with zero attached hydrogens (tertiary/aromatic N) is 3. The topological polar surface area (TPSA) is 84.5 Å². The van der Waals surface area contributed by atoms with Crippen molar-refractivity contribution in [2.75, 3.05) is 20.1 Å². The smallest absolute Gasteiger partial charge is 0.342 e. The monoisotopic (exact) mass is 319 g/mol. The molecule has 0 bridgehead atoms. The van der Waals surface area contributed by atoms with E-state index >= 15 is 0 Å². The van der Waals surface area contributed by atoms with Crippen LogP contribution in [0.4, 0.5) is 4.39 Å².